The number of nitrogens with zero attached hydrogens (tertiary/aromatic N) is 2. The second-order valence-electron chi connectivity index (χ2n) is 12.2. The average Bonchev–Trinajstić information content (AvgIpc) is 3.34. The van der Waals surface area contributed by atoms with Crippen LogP contribution in [-0.4, -0.2) is 36.3 Å². The summed E-state index contributed by atoms with van der Waals surface area (Å²) in [5.41, 5.74) is -1.63. The van der Waals surface area contributed by atoms with E-state index < -0.39 is 69.4 Å². The van der Waals surface area contributed by atoms with Gasteiger partial charge in [0.05, 0.1) is 22.5 Å². The van der Waals surface area contributed by atoms with Gasteiger partial charge in [-0.1, -0.05) is 35.9 Å². The highest BCUT2D eigenvalue weighted by molar-refractivity contribution is 7.85. The first-order valence-electron chi connectivity index (χ1n) is 15.1. The standard InChI is InChI=1S/C27H22F9N3O2.C7H8O3S/c1-24(2,17-8-11-22(37-14-17)26(31,32)33)38-20-13-21(15-4-3-5-19(12-15)41-27(34,35)36)39(23(20)40)18-9-6-16(7-10-18)25(28,29)30;1-6-2-4-7(5-3-6)11(8,9)10/h3-12,14,20-21,38H,13H2,1-2H3;2-5H,1H3,(H,8,9,10). The topological polar surface area (TPSA) is 109 Å². The van der Waals surface area contributed by atoms with Crippen molar-refractivity contribution < 1.29 is 62.0 Å². The molecule has 8 nitrogen and oxygen atoms in total. The summed E-state index contributed by atoms with van der Waals surface area (Å²) in [4.78, 5) is 18.2. The Bertz CT molecular complexity index is 1960. The van der Waals surface area contributed by atoms with E-state index in [0.717, 1.165) is 54.2 Å². The fraction of sp³-hybridized carbons (Fsp3) is 0.294. The number of aryl methyl sites for hydroxylation is 1. The van der Waals surface area contributed by atoms with Gasteiger partial charge in [-0.3, -0.25) is 19.6 Å². The van der Waals surface area contributed by atoms with Crippen molar-refractivity contribution in [2.75, 3.05) is 4.90 Å². The molecule has 18 heteroatoms. The first-order chi connectivity index (χ1) is 23.8. The minimum atomic E-state index is -4.99. The molecule has 1 aliphatic rings. The van der Waals surface area contributed by atoms with Gasteiger partial charge in [-0.15, -0.1) is 13.2 Å². The molecule has 280 valence electrons. The fourth-order valence-corrected chi connectivity index (χ4v) is 5.83. The van der Waals surface area contributed by atoms with Crippen LogP contribution in [0.25, 0.3) is 0 Å². The van der Waals surface area contributed by atoms with E-state index in [1.807, 2.05) is 6.92 Å². The highest BCUT2D eigenvalue weighted by Gasteiger charge is 2.44. The molecule has 0 saturated carbocycles. The van der Waals surface area contributed by atoms with Crippen LogP contribution in [0.5, 0.6) is 5.75 Å². The van der Waals surface area contributed by atoms with Crippen molar-refractivity contribution >= 4 is 21.7 Å². The van der Waals surface area contributed by atoms with Crippen molar-refractivity contribution in [3.63, 3.8) is 0 Å². The van der Waals surface area contributed by atoms with Crippen LogP contribution in [0.15, 0.2) is 96.0 Å². The van der Waals surface area contributed by atoms with Crippen LogP contribution in [0.4, 0.5) is 45.2 Å². The number of halogens is 9. The first kappa shape index (κ1) is 40.1. The van der Waals surface area contributed by atoms with E-state index in [-0.39, 0.29) is 22.6 Å². The van der Waals surface area contributed by atoms with Crippen LogP contribution in [0, 0.1) is 6.92 Å². The van der Waals surface area contributed by atoms with Crippen LogP contribution in [0.2, 0.25) is 0 Å². The molecule has 1 saturated heterocycles. The highest BCUT2D eigenvalue weighted by atomic mass is 32.2. The van der Waals surface area contributed by atoms with Gasteiger partial charge in [-0.25, -0.2) is 0 Å². The molecule has 0 bridgehead atoms. The molecule has 0 spiro atoms. The molecule has 0 aliphatic carbocycles. The van der Waals surface area contributed by atoms with Gasteiger partial charge in [0, 0.05) is 17.4 Å². The molecule has 4 aromatic rings. The second-order valence-corrected chi connectivity index (χ2v) is 13.6. The third kappa shape index (κ3) is 10.2. The van der Waals surface area contributed by atoms with Crippen molar-refractivity contribution in [3.8, 4) is 5.75 Å². The zero-order chi connectivity index (χ0) is 38.9. The number of aromatic nitrogens is 1. The summed E-state index contributed by atoms with van der Waals surface area (Å²) < 4.78 is 150. The van der Waals surface area contributed by atoms with Crippen LogP contribution >= 0.6 is 0 Å². The molecule has 1 aromatic heterocycles. The molecule has 2 unspecified atom stereocenters. The van der Waals surface area contributed by atoms with Gasteiger partial charge in [-0.2, -0.15) is 34.8 Å². The highest BCUT2D eigenvalue weighted by Crippen LogP contribution is 2.41. The van der Waals surface area contributed by atoms with Gasteiger partial charge in [0.1, 0.15) is 11.4 Å². The number of carbonyl (C=O) groups excluding carboxylic acids is 1. The maximum atomic E-state index is 13.6. The van der Waals surface area contributed by atoms with Crippen molar-refractivity contribution in [3.05, 3.63) is 119 Å². The van der Waals surface area contributed by atoms with Crippen molar-refractivity contribution in [2.24, 2.45) is 0 Å². The molecule has 0 radical (unpaired) electrons. The molecule has 2 N–H and O–H groups in total. The summed E-state index contributed by atoms with van der Waals surface area (Å²) in [6.45, 7) is 5.03. The van der Waals surface area contributed by atoms with Gasteiger partial charge in [-0.05, 0) is 92.9 Å². The maximum absolute atomic E-state index is 13.6. The third-order valence-electron chi connectivity index (χ3n) is 7.88. The van der Waals surface area contributed by atoms with Crippen molar-refractivity contribution in [2.45, 2.75) is 68.4 Å². The molecule has 2 heterocycles. The molecule has 1 fully saturated rings. The number of hydrogen-bond acceptors (Lipinski definition) is 6. The Morgan fingerprint density at radius 1 is 0.827 bits per heavy atom. The predicted octanol–water partition coefficient (Wildman–Crippen LogP) is 8.63. The zero-order valence-corrected chi connectivity index (χ0v) is 28.1. The number of anilines is 1. The molecule has 1 amide bonds. The van der Waals surface area contributed by atoms with Crippen LogP contribution in [-0.2, 0) is 32.8 Å². The summed E-state index contributed by atoms with van der Waals surface area (Å²) in [6.07, 6.45) is -13.3. The number of nitrogens with one attached hydrogen (secondary N) is 1. The Kier molecular flexibility index (Phi) is 11.4. The number of alkyl halides is 9. The van der Waals surface area contributed by atoms with E-state index >= 15 is 0 Å². The fourth-order valence-electron chi connectivity index (χ4n) is 5.35. The number of carbonyl (C=O) groups is 1. The summed E-state index contributed by atoms with van der Waals surface area (Å²) >= 11 is 0. The SMILES string of the molecule is CC(C)(NC1CC(c2cccc(OC(F)(F)F)c2)N(c2ccc(C(F)(F)F)cc2)C1=O)c1ccc(C(F)(F)F)nc1.Cc1ccc(S(=O)(=O)O)cc1. The van der Waals surface area contributed by atoms with E-state index in [4.69, 9.17) is 4.55 Å². The Morgan fingerprint density at radius 2 is 1.42 bits per heavy atom. The third-order valence-corrected chi connectivity index (χ3v) is 8.75. The van der Waals surface area contributed by atoms with Gasteiger partial charge in [0.15, 0.2) is 0 Å². The molecule has 3 aromatic carbocycles. The van der Waals surface area contributed by atoms with Gasteiger partial charge in [0.2, 0.25) is 5.91 Å². The number of amides is 1. The van der Waals surface area contributed by atoms with Gasteiger partial charge < -0.3 is 9.64 Å². The zero-order valence-electron chi connectivity index (χ0n) is 27.3. The lowest BCUT2D eigenvalue weighted by Gasteiger charge is -2.30. The van der Waals surface area contributed by atoms with Gasteiger partial charge in [0.25, 0.3) is 10.1 Å². The Labute approximate surface area is 292 Å². The summed E-state index contributed by atoms with van der Waals surface area (Å²) in [6, 6.07) is 14.6. The van der Waals surface area contributed by atoms with E-state index in [2.05, 4.69) is 15.0 Å². The summed E-state index contributed by atoms with van der Waals surface area (Å²) in [5.74, 6) is -1.16. The smallest absolute Gasteiger partial charge is 0.406 e. The molecule has 52 heavy (non-hydrogen) atoms. The predicted molar refractivity (Wildman–Crippen MR) is 170 cm³/mol. The van der Waals surface area contributed by atoms with E-state index in [0.29, 0.717) is 5.56 Å². The van der Waals surface area contributed by atoms with Crippen molar-refractivity contribution in [1.29, 1.82) is 0 Å². The summed E-state index contributed by atoms with van der Waals surface area (Å²) in [5, 5.41) is 3.06. The number of hydrogen-bond donors (Lipinski definition) is 2. The lowest BCUT2D eigenvalue weighted by atomic mass is 9.93. The van der Waals surface area contributed by atoms with E-state index in [1.54, 1.807) is 26.0 Å². The van der Waals surface area contributed by atoms with Crippen LogP contribution < -0.4 is 15.0 Å². The molecule has 5 rings (SSSR count). The maximum Gasteiger partial charge on any atom is 0.573 e. The minimum absolute atomic E-state index is 0.0349. The number of benzene rings is 3. The lowest BCUT2D eigenvalue weighted by molar-refractivity contribution is -0.274. The molecule has 2 atom stereocenters. The average molecular weight is 764 g/mol. The van der Waals surface area contributed by atoms with E-state index in [9.17, 15) is 52.7 Å². The number of rotatable bonds is 7. The Balaban J connectivity index is 0.000000470. The Morgan fingerprint density at radius 3 is 1.92 bits per heavy atom. The van der Waals surface area contributed by atoms with Crippen molar-refractivity contribution in [1.82, 2.24) is 10.3 Å². The Hall–Kier alpha value is -4.68. The van der Waals surface area contributed by atoms with Gasteiger partial charge >= 0.3 is 18.7 Å². The summed E-state index contributed by atoms with van der Waals surface area (Å²) in [7, 11) is -4.02. The number of pyridine rings is 1. The quantitative estimate of drug-likeness (QED) is 0.143. The number of ether oxygens (including phenoxy) is 1. The van der Waals surface area contributed by atoms with Crippen LogP contribution in [0.1, 0.15) is 54.3 Å². The largest absolute Gasteiger partial charge is 0.573 e. The normalized spacial score (nSPS) is 17.1. The minimum Gasteiger partial charge on any atom is -0.406 e. The molecule has 1 aliphatic heterocycles. The first-order valence-corrected chi connectivity index (χ1v) is 16.5. The lowest BCUT2D eigenvalue weighted by Crippen LogP contribution is -2.47. The molecular weight excluding hydrogens is 733 g/mol. The van der Waals surface area contributed by atoms with E-state index in [1.165, 1.54) is 35.2 Å². The monoisotopic (exact) mass is 763 g/mol. The van der Waals surface area contributed by atoms with Crippen LogP contribution in [0.3, 0.4) is 0 Å². The second kappa shape index (κ2) is 14.7. The molecular formula is C34H30F9N3O5S.